The first-order valence-electron chi connectivity index (χ1n) is 8.64. The summed E-state index contributed by atoms with van der Waals surface area (Å²) in [5.41, 5.74) is -1.08. The third-order valence-corrected chi connectivity index (χ3v) is 3.80. The normalized spacial score (nSPS) is 13.0. The zero-order valence-electron chi connectivity index (χ0n) is 15.6. The van der Waals surface area contributed by atoms with Gasteiger partial charge in [0.15, 0.2) is 5.96 Å². The number of guanidine groups is 1. The fraction of sp³-hybridized carbons (Fsp3) is 0.444. The van der Waals surface area contributed by atoms with E-state index >= 15 is 0 Å². The van der Waals surface area contributed by atoms with Crippen molar-refractivity contribution in [1.29, 1.82) is 0 Å². The molecule has 0 aliphatic carbocycles. The van der Waals surface area contributed by atoms with Gasteiger partial charge in [0.1, 0.15) is 5.82 Å². The Morgan fingerprint density at radius 3 is 2.64 bits per heavy atom. The number of hydrogen-bond donors (Lipinski definition) is 2. The first-order chi connectivity index (χ1) is 12.8. The Bertz CT molecular complexity index is 747. The van der Waals surface area contributed by atoms with Gasteiger partial charge in [0.25, 0.3) is 0 Å². The van der Waals surface area contributed by atoms with Crippen molar-refractivity contribution >= 4 is 29.9 Å². The van der Waals surface area contributed by atoms with Gasteiger partial charge in [0.2, 0.25) is 0 Å². The molecule has 2 N–H and O–H groups in total. The Balaban J connectivity index is 0.00000392. The van der Waals surface area contributed by atoms with E-state index in [1.165, 1.54) is 0 Å². The van der Waals surface area contributed by atoms with E-state index in [1.54, 1.807) is 6.20 Å². The van der Waals surface area contributed by atoms with Crippen molar-refractivity contribution in [3.63, 3.8) is 0 Å². The van der Waals surface area contributed by atoms with Gasteiger partial charge in [-0.3, -0.25) is 4.68 Å². The summed E-state index contributed by atoms with van der Waals surface area (Å²) in [6, 6.07) is 4.46. The topological polar surface area (TPSA) is 54.2 Å². The van der Waals surface area contributed by atoms with Gasteiger partial charge in [0.05, 0.1) is 12.1 Å². The summed E-state index contributed by atoms with van der Waals surface area (Å²) in [7, 11) is 0. The van der Waals surface area contributed by atoms with Crippen molar-refractivity contribution < 1.29 is 17.6 Å². The first kappa shape index (κ1) is 24.2. The van der Waals surface area contributed by atoms with Crippen LogP contribution in [0.4, 0.5) is 17.6 Å². The van der Waals surface area contributed by atoms with Crippen LogP contribution in [0.5, 0.6) is 0 Å². The van der Waals surface area contributed by atoms with Crippen molar-refractivity contribution in [2.75, 3.05) is 13.1 Å². The molecule has 0 saturated heterocycles. The summed E-state index contributed by atoms with van der Waals surface area (Å²) in [6.07, 6.45) is -1.06. The molecule has 0 fully saturated rings. The van der Waals surface area contributed by atoms with Crippen LogP contribution < -0.4 is 10.6 Å². The van der Waals surface area contributed by atoms with E-state index in [0.717, 1.165) is 12.1 Å². The molecule has 0 saturated carbocycles. The van der Waals surface area contributed by atoms with Crippen molar-refractivity contribution in [2.45, 2.75) is 33.1 Å². The smallest absolute Gasteiger partial charge is 0.357 e. The highest BCUT2D eigenvalue weighted by atomic mass is 127. The fourth-order valence-electron chi connectivity index (χ4n) is 2.52. The van der Waals surface area contributed by atoms with Crippen LogP contribution in [0, 0.1) is 11.7 Å². The molecule has 0 spiro atoms. The number of aromatic nitrogens is 2. The maximum atomic E-state index is 13.2. The SMILES string of the molecule is CCNC(=NCc1ccc(F)cc1C(F)(F)F)NCC(C)Cn1cccn1.I. The predicted molar refractivity (Wildman–Crippen MR) is 111 cm³/mol. The molecule has 0 radical (unpaired) electrons. The molecule has 2 rings (SSSR count). The highest BCUT2D eigenvalue weighted by Crippen LogP contribution is 2.32. The van der Waals surface area contributed by atoms with E-state index in [2.05, 4.69) is 20.7 Å². The lowest BCUT2D eigenvalue weighted by molar-refractivity contribution is -0.138. The van der Waals surface area contributed by atoms with E-state index in [9.17, 15) is 17.6 Å². The minimum absolute atomic E-state index is 0. The van der Waals surface area contributed by atoms with Gasteiger partial charge in [-0.05, 0) is 36.6 Å². The molecular weight excluding hydrogens is 489 g/mol. The standard InChI is InChI=1S/C18H23F4N5.HI/c1-3-23-17(24-10-13(2)12-27-8-4-7-26-27)25-11-14-5-6-15(19)9-16(14)18(20,21)22;/h4-9,13H,3,10-12H2,1-2H3,(H2,23,24,25);1H. The van der Waals surface area contributed by atoms with Crippen LogP contribution in [-0.2, 0) is 19.3 Å². The molecule has 156 valence electrons. The van der Waals surface area contributed by atoms with Crippen LogP contribution in [-0.4, -0.2) is 28.8 Å². The van der Waals surface area contributed by atoms with E-state index in [0.29, 0.717) is 31.7 Å². The highest BCUT2D eigenvalue weighted by Gasteiger charge is 2.33. The Hall–Kier alpha value is -1.85. The predicted octanol–water partition coefficient (Wildman–Crippen LogP) is 4.05. The fourth-order valence-corrected chi connectivity index (χ4v) is 2.52. The number of nitrogens with zero attached hydrogens (tertiary/aromatic N) is 3. The van der Waals surface area contributed by atoms with Crippen LogP contribution in [0.15, 0.2) is 41.7 Å². The summed E-state index contributed by atoms with van der Waals surface area (Å²) in [4.78, 5) is 4.21. The van der Waals surface area contributed by atoms with E-state index in [-0.39, 0.29) is 42.0 Å². The molecule has 1 aromatic heterocycles. The number of nitrogens with one attached hydrogen (secondary N) is 2. The molecule has 0 amide bonds. The maximum absolute atomic E-state index is 13.2. The number of rotatable bonds is 7. The number of hydrogen-bond acceptors (Lipinski definition) is 2. The third-order valence-electron chi connectivity index (χ3n) is 3.80. The molecular formula is C18H24F4IN5. The second-order valence-corrected chi connectivity index (χ2v) is 6.21. The van der Waals surface area contributed by atoms with E-state index in [4.69, 9.17) is 0 Å². The Morgan fingerprint density at radius 1 is 1.29 bits per heavy atom. The molecule has 0 aliphatic rings. The van der Waals surface area contributed by atoms with Crippen molar-refractivity contribution in [3.05, 3.63) is 53.6 Å². The minimum atomic E-state index is -4.63. The van der Waals surface area contributed by atoms with Crippen molar-refractivity contribution in [1.82, 2.24) is 20.4 Å². The summed E-state index contributed by atoms with van der Waals surface area (Å²) < 4.78 is 54.2. The zero-order chi connectivity index (χ0) is 19.9. The lowest BCUT2D eigenvalue weighted by Crippen LogP contribution is -2.40. The van der Waals surface area contributed by atoms with Gasteiger partial charge < -0.3 is 10.6 Å². The van der Waals surface area contributed by atoms with Gasteiger partial charge in [-0.15, -0.1) is 24.0 Å². The van der Waals surface area contributed by atoms with Gasteiger partial charge >= 0.3 is 6.18 Å². The molecule has 10 heteroatoms. The summed E-state index contributed by atoms with van der Waals surface area (Å²) >= 11 is 0. The van der Waals surface area contributed by atoms with Gasteiger partial charge in [-0.25, -0.2) is 9.38 Å². The second kappa shape index (κ2) is 11.2. The summed E-state index contributed by atoms with van der Waals surface area (Å²) in [5, 5.41) is 10.3. The monoisotopic (exact) mass is 513 g/mol. The van der Waals surface area contributed by atoms with Gasteiger partial charge in [0, 0.05) is 32.0 Å². The summed E-state index contributed by atoms with van der Waals surface area (Å²) in [6.45, 7) is 5.52. The van der Waals surface area contributed by atoms with Crippen LogP contribution in [0.2, 0.25) is 0 Å². The second-order valence-electron chi connectivity index (χ2n) is 6.21. The van der Waals surface area contributed by atoms with Crippen molar-refractivity contribution in [2.24, 2.45) is 10.9 Å². The molecule has 2 aromatic rings. The van der Waals surface area contributed by atoms with Crippen LogP contribution in [0.25, 0.3) is 0 Å². The van der Waals surface area contributed by atoms with Crippen LogP contribution >= 0.6 is 24.0 Å². The number of aliphatic imine (C=N–C) groups is 1. The molecule has 1 aromatic carbocycles. The average Bonchev–Trinajstić information content (AvgIpc) is 3.10. The van der Waals surface area contributed by atoms with Gasteiger partial charge in [-0.2, -0.15) is 18.3 Å². The van der Waals surface area contributed by atoms with Crippen molar-refractivity contribution in [3.8, 4) is 0 Å². The maximum Gasteiger partial charge on any atom is 0.416 e. The molecule has 0 bridgehead atoms. The van der Waals surface area contributed by atoms with Crippen LogP contribution in [0.3, 0.4) is 0 Å². The highest BCUT2D eigenvalue weighted by molar-refractivity contribution is 14.0. The molecule has 28 heavy (non-hydrogen) atoms. The molecule has 1 atom stereocenters. The number of benzene rings is 1. The van der Waals surface area contributed by atoms with Crippen LogP contribution in [0.1, 0.15) is 25.0 Å². The average molecular weight is 513 g/mol. The molecule has 0 aliphatic heterocycles. The summed E-state index contributed by atoms with van der Waals surface area (Å²) in [5.74, 6) is -0.292. The number of alkyl halides is 3. The van der Waals surface area contributed by atoms with Gasteiger partial charge in [-0.1, -0.05) is 13.0 Å². The number of halogens is 5. The third kappa shape index (κ3) is 7.64. The molecule has 5 nitrogen and oxygen atoms in total. The lowest BCUT2D eigenvalue weighted by atomic mass is 10.1. The largest absolute Gasteiger partial charge is 0.416 e. The van der Waals surface area contributed by atoms with E-state index in [1.807, 2.05) is 30.8 Å². The Morgan fingerprint density at radius 2 is 2.04 bits per heavy atom. The Labute approximate surface area is 178 Å². The zero-order valence-corrected chi connectivity index (χ0v) is 18.0. The molecule has 1 heterocycles. The van der Waals surface area contributed by atoms with E-state index < -0.39 is 17.6 Å². The lowest BCUT2D eigenvalue weighted by Gasteiger charge is -2.16. The minimum Gasteiger partial charge on any atom is -0.357 e. The Kier molecular flexibility index (Phi) is 9.70. The first-order valence-corrected chi connectivity index (χ1v) is 8.64. The molecule has 1 unspecified atom stereocenters. The quantitative estimate of drug-likeness (QED) is 0.254.